The highest BCUT2D eigenvalue weighted by molar-refractivity contribution is 5.69. The van der Waals surface area contributed by atoms with Gasteiger partial charge in [0.1, 0.15) is 12.2 Å². The number of rotatable bonds is 3. The predicted molar refractivity (Wildman–Crippen MR) is 39.5 cm³/mol. The second kappa shape index (κ2) is 2.30. The molecule has 5 heteroatoms. The molecule has 1 aliphatic carbocycles. The van der Waals surface area contributed by atoms with Crippen LogP contribution in [-0.4, -0.2) is 26.3 Å². The normalized spacial score (nSPS) is 19.0. The molecule has 1 aromatic rings. The van der Waals surface area contributed by atoms with E-state index in [1.54, 1.807) is 0 Å². The molecule has 1 fully saturated rings. The fourth-order valence-corrected chi connectivity index (χ4v) is 1.40. The van der Waals surface area contributed by atoms with E-state index in [2.05, 4.69) is 15.2 Å². The molecule has 0 aromatic carbocycles. The minimum atomic E-state index is -0.774. The quantitative estimate of drug-likeness (QED) is 0.679. The van der Waals surface area contributed by atoms with E-state index in [-0.39, 0.29) is 11.8 Å². The Hall–Kier alpha value is -1.39. The third-order valence-corrected chi connectivity index (χ3v) is 2.26. The highest BCUT2D eigenvalue weighted by Gasteiger charge is 2.48. The third-order valence-electron chi connectivity index (χ3n) is 2.26. The Morgan fingerprint density at radius 2 is 2.50 bits per heavy atom. The maximum atomic E-state index is 10.5. The Morgan fingerprint density at radius 1 is 1.75 bits per heavy atom. The summed E-state index contributed by atoms with van der Waals surface area (Å²) in [4.78, 5) is 14.5. The van der Waals surface area contributed by atoms with Gasteiger partial charge in [0.25, 0.3) is 0 Å². The molecule has 0 atom stereocenters. The van der Waals surface area contributed by atoms with E-state index >= 15 is 0 Å². The van der Waals surface area contributed by atoms with E-state index in [1.807, 2.05) is 0 Å². The zero-order valence-electron chi connectivity index (χ0n) is 6.45. The molecule has 1 saturated carbocycles. The van der Waals surface area contributed by atoms with Crippen molar-refractivity contribution in [1.82, 2.24) is 15.2 Å². The van der Waals surface area contributed by atoms with Crippen LogP contribution in [-0.2, 0) is 10.2 Å². The Labute approximate surface area is 68.8 Å². The van der Waals surface area contributed by atoms with E-state index in [1.165, 1.54) is 6.33 Å². The van der Waals surface area contributed by atoms with Crippen LogP contribution in [0.15, 0.2) is 6.33 Å². The van der Waals surface area contributed by atoms with Crippen LogP contribution in [0.2, 0.25) is 0 Å². The largest absolute Gasteiger partial charge is 0.481 e. The highest BCUT2D eigenvalue weighted by atomic mass is 16.4. The summed E-state index contributed by atoms with van der Waals surface area (Å²) >= 11 is 0. The standard InChI is InChI=1S/C7H9N3O2/c11-5(12)3-7(1-2-7)6-8-4-9-10-6/h4H,1-3H2,(H,11,12)(H,8,9,10). The van der Waals surface area contributed by atoms with Gasteiger partial charge in [-0.25, -0.2) is 4.98 Å². The molecule has 0 aliphatic heterocycles. The maximum absolute atomic E-state index is 10.5. The molecule has 5 nitrogen and oxygen atoms in total. The van der Waals surface area contributed by atoms with Gasteiger partial charge < -0.3 is 5.11 Å². The van der Waals surface area contributed by atoms with Crippen LogP contribution in [0.4, 0.5) is 0 Å². The molecule has 1 heterocycles. The second-order valence-electron chi connectivity index (χ2n) is 3.18. The number of aromatic nitrogens is 3. The molecule has 64 valence electrons. The van der Waals surface area contributed by atoms with Gasteiger partial charge in [0.15, 0.2) is 0 Å². The van der Waals surface area contributed by atoms with E-state index < -0.39 is 5.97 Å². The summed E-state index contributed by atoms with van der Waals surface area (Å²) in [6.45, 7) is 0. The molecule has 1 aromatic heterocycles. The first-order valence-electron chi connectivity index (χ1n) is 3.81. The Kier molecular flexibility index (Phi) is 1.39. The Morgan fingerprint density at radius 3 is 2.92 bits per heavy atom. The van der Waals surface area contributed by atoms with Crippen molar-refractivity contribution in [3.05, 3.63) is 12.2 Å². The Bertz CT molecular complexity index is 290. The average molecular weight is 167 g/mol. The first-order chi connectivity index (χ1) is 5.73. The lowest BCUT2D eigenvalue weighted by atomic mass is 10.0. The zero-order valence-corrected chi connectivity index (χ0v) is 6.45. The molecule has 0 saturated heterocycles. The van der Waals surface area contributed by atoms with Gasteiger partial charge in [-0.15, -0.1) is 0 Å². The van der Waals surface area contributed by atoms with Gasteiger partial charge in [0.2, 0.25) is 0 Å². The number of nitrogens with one attached hydrogen (secondary N) is 1. The highest BCUT2D eigenvalue weighted by Crippen LogP contribution is 2.49. The predicted octanol–water partition coefficient (Wildman–Crippen LogP) is 0.311. The zero-order chi connectivity index (χ0) is 8.60. The van der Waals surface area contributed by atoms with Gasteiger partial charge >= 0.3 is 5.97 Å². The molecule has 1 aliphatic rings. The average Bonchev–Trinajstić information content (AvgIpc) is 2.61. The van der Waals surface area contributed by atoms with Crippen molar-refractivity contribution in [3.8, 4) is 0 Å². The van der Waals surface area contributed by atoms with E-state index in [0.29, 0.717) is 5.82 Å². The number of carboxylic acids is 1. The minimum absolute atomic E-state index is 0.155. The number of aromatic amines is 1. The van der Waals surface area contributed by atoms with Crippen molar-refractivity contribution < 1.29 is 9.90 Å². The SMILES string of the molecule is O=C(O)CC1(c2ncn[nH]2)CC1. The summed E-state index contributed by atoms with van der Waals surface area (Å²) < 4.78 is 0. The van der Waals surface area contributed by atoms with Gasteiger partial charge in [-0.2, -0.15) is 5.10 Å². The minimum Gasteiger partial charge on any atom is -0.481 e. The van der Waals surface area contributed by atoms with Crippen LogP contribution in [0.3, 0.4) is 0 Å². The molecule has 2 rings (SSSR count). The first-order valence-corrected chi connectivity index (χ1v) is 3.81. The molecular weight excluding hydrogens is 158 g/mol. The van der Waals surface area contributed by atoms with Gasteiger partial charge in [0, 0.05) is 5.41 Å². The monoisotopic (exact) mass is 167 g/mol. The molecule has 0 bridgehead atoms. The summed E-state index contributed by atoms with van der Waals surface area (Å²) in [5, 5.41) is 15.1. The molecule has 0 amide bonds. The van der Waals surface area contributed by atoms with Crippen molar-refractivity contribution in [2.45, 2.75) is 24.7 Å². The summed E-state index contributed by atoms with van der Waals surface area (Å²) in [6.07, 6.45) is 3.36. The second-order valence-corrected chi connectivity index (χ2v) is 3.18. The lowest BCUT2D eigenvalue weighted by molar-refractivity contribution is -0.137. The third kappa shape index (κ3) is 1.07. The van der Waals surface area contributed by atoms with Crippen LogP contribution in [0, 0.1) is 0 Å². The van der Waals surface area contributed by atoms with E-state index in [9.17, 15) is 4.79 Å². The van der Waals surface area contributed by atoms with Crippen molar-refractivity contribution in [2.75, 3.05) is 0 Å². The summed E-state index contributed by atoms with van der Waals surface area (Å²) in [6, 6.07) is 0. The number of aliphatic carboxylic acids is 1. The Balaban J connectivity index is 2.17. The van der Waals surface area contributed by atoms with Crippen molar-refractivity contribution >= 4 is 5.97 Å². The molecular formula is C7H9N3O2. The lowest BCUT2D eigenvalue weighted by Crippen LogP contribution is -2.14. The van der Waals surface area contributed by atoms with E-state index in [4.69, 9.17) is 5.11 Å². The van der Waals surface area contributed by atoms with Crippen LogP contribution in [0.1, 0.15) is 25.1 Å². The van der Waals surface area contributed by atoms with Gasteiger partial charge in [-0.1, -0.05) is 0 Å². The summed E-state index contributed by atoms with van der Waals surface area (Å²) in [7, 11) is 0. The number of hydrogen-bond donors (Lipinski definition) is 2. The van der Waals surface area contributed by atoms with Gasteiger partial charge in [-0.05, 0) is 12.8 Å². The van der Waals surface area contributed by atoms with Crippen LogP contribution < -0.4 is 0 Å². The van der Waals surface area contributed by atoms with Gasteiger partial charge in [0.05, 0.1) is 6.42 Å². The summed E-state index contributed by atoms with van der Waals surface area (Å²) in [5.74, 6) is -0.0613. The van der Waals surface area contributed by atoms with E-state index in [0.717, 1.165) is 12.8 Å². The maximum Gasteiger partial charge on any atom is 0.304 e. The number of nitrogens with zero attached hydrogens (tertiary/aromatic N) is 2. The van der Waals surface area contributed by atoms with Crippen LogP contribution in [0.5, 0.6) is 0 Å². The number of carbonyl (C=O) groups is 1. The lowest BCUT2D eigenvalue weighted by Gasteiger charge is -2.06. The number of carboxylic acid groups (broad SMARTS) is 1. The van der Waals surface area contributed by atoms with Crippen molar-refractivity contribution in [1.29, 1.82) is 0 Å². The first kappa shape index (κ1) is 7.27. The van der Waals surface area contributed by atoms with Crippen molar-refractivity contribution in [3.63, 3.8) is 0 Å². The molecule has 0 unspecified atom stereocenters. The van der Waals surface area contributed by atoms with Crippen LogP contribution >= 0.6 is 0 Å². The number of hydrogen-bond acceptors (Lipinski definition) is 3. The number of H-pyrrole nitrogens is 1. The fourth-order valence-electron chi connectivity index (χ4n) is 1.40. The summed E-state index contributed by atoms with van der Waals surface area (Å²) in [5.41, 5.74) is -0.234. The van der Waals surface area contributed by atoms with Crippen molar-refractivity contribution in [2.24, 2.45) is 0 Å². The molecule has 0 radical (unpaired) electrons. The molecule has 12 heavy (non-hydrogen) atoms. The van der Waals surface area contributed by atoms with Crippen LogP contribution in [0.25, 0.3) is 0 Å². The fraction of sp³-hybridized carbons (Fsp3) is 0.571. The molecule has 2 N–H and O–H groups in total. The molecule has 0 spiro atoms. The van der Waals surface area contributed by atoms with Gasteiger partial charge in [-0.3, -0.25) is 9.89 Å². The smallest absolute Gasteiger partial charge is 0.304 e. The topological polar surface area (TPSA) is 78.9 Å².